The number of rotatable bonds is 7. The quantitative estimate of drug-likeness (QED) is 0.269. The van der Waals surface area contributed by atoms with Crippen molar-refractivity contribution >= 4 is 17.4 Å². The van der Waals surface area contributed by atoms with Crippen LogP contribution in [-0.4, -0.2) is 24.9 Å². The van der Waals surface area contributed by atoms with Gasteiger partial charge in [-0.25, -0.2) is 9.78 Å². The minimum atomic E-state index is -0.340. The second kappa shape index (κ2) is 7.53. The maximum Gasteiger partial charge on any atom is 0.147 e. The van der Waals surface area contributed by atoms with Crippen molar-refractivity contribution in [1.82, 2.24) is 0 Å². The molecule has 3 nitrogen and oxygen atoms in total. The van der Waals surface area contributed by atoms with E-state index in [1.807, 2.05) is 0 Å². The highest BCUT2D eigenvalue weighted by atomic mass is 35.5. The molecule has 1 unspecified atom stereocenters. The van der Waals surface area contributed by atoms with E-state index in [0.29, 0.717) is 13.0 Å². The highest BCUT2D eigenvalue weighted by Crippen LogP contribution is 2.08. The standard InChI is InChI=1S/C8H15ClO3/c1-7(10)8(9)5-3-4-6-12-11-2/h8H,3-6H2,1-2H3. The number of ketones is 1. The van der Waals surface area contributed by atoms with Gasteiger partial charge in [-0.15, -0.1) is 11.6 Å². The zero-order valence-electron chi connectivity index (χ0n) is 7.51. The first kappa shape index (κ1) is 11.9. The van der Waals surface area contributed by atoms with Crippen molar-refractivity contribution < 1.29 is 14.6 Å². The van der Waals surface area contributed by atoms with Crippen LogP contribution in [0.5, 0.6) is 0 Å². The third kappa shape index (κ3) is 6.58. The van der Waals surface area contributed by atoms with Gasteiger partial charge in [0.05, 0.1) is 19.1 Å². The smallest absolute Gasteiger partial charge is 0.147 e. The minimum absolute atomic E-state index is 0.0318. The summed E-state index contributed by atoms with van der Waals surface area (Å²) in [6.45, 7) is 2.06. The Morgan fingerprint density at radius 1 is 1.50 bits per heavy atom. The monoisotopic (exact) mass is 194 g/mol. The molecule has 12 heavy (non-hydrogen) atoms. The molecule has 0 spiro atoms. The molecule has 0 fully saturated rings. The van der Waals surface area contributed by atoms with Crippen molar-refractivity contribution in [2.45, 2.75) is 31.6 Å². The number of unbranched alkanes of at least 4 members (excludes halogenated alkanes) is 1. The number of Topliss-reactive ketones (excluding diaryl/α,β-unsaturated/α-hetero) is 1. The lowest BCUT2D eigenvalue weighted by Gasteiger charge is -2.04. The molecule has 0 heterocycles. The molecule has 0 aromatic carbocycles. The van der Waals surface area contributed by atoms with Gasteiger partial charge in [-0.3, -0.25) is 4.79 Å². The van der Waals surface area contributed by atoms with Crippen molar-refractivity contribution in [1.29, 1.82) is 0 Å². The van der Waals surface area contributed by atoms with Gasteiger partial charge in [0, 0.05) is 0 Å². The third-order valence-electron chi connectivity index (χ3n) is 1.49. The molecule has 1 atom stereocenters. The second-order valence-electron chi connectivity index (χ2n) is 2.56. The Kier molecular flexibility index (Phi) is 7.45. The zero-order valence-corrected chi connectivity index (χ0v) is 8.26. The van der Waals surface area contributed by atoms with Crippen LogP contribution in [0.25, 0.3) is 0 Å². The van der Waals surface area contributed by atoms with E-state index in [-0.39, 0.29) is 11.2 Å². The first-order valence-corrected chi connectivity index (χ1v) is 4.42. The fourth-order valence-corrected chi connectivity index (χ4v) is 0.925. The summed E-state index contributed by atoms with van der Waals surface area (Å²) in [5.41, 5.74) is 0. The summed E-state index contributed by atoms with van der Waals surface area (Å²) in [6.07, 6.45) is 2.46. The molecule has 0 aromatic heterocycles. The summed E-state index contributed by atoms with van der Waals surface area (Å²) in [5.74, 6) is 0.0318. The lowest BCUT2D eigenvalue weighted by atomic mass is 10.1. The van der Waals surface area contributed by atoms with Crippen LogP contribution >= 0.6 is 11.6 Å². The van der Waals surface area contributed by atoms with E-state index in [4.69, 9.17) is 11.6 Å². The molecular weight excluding hydrogens is 180 g/mol. The maximum absolute atomic E-state index is 10.7. The number of alkyl halides is 1. The molecule has 0 saturated heterocycles. The van der Waals surface area contributed by atoms with E-state index >= 15 is 0 Å². The Morgan fingerprint density at radius 2 is 2.17 bits per heavy atom. The van der Waals surface area contributed by atoms with Crippen LogP contribution < -0.4 is 0 Å². The molecule has 4 heteroatoms. The van der Waals surface area contributed by atoms with Crippen LogP contribution in [0.2, 0.25) is 0 Å². The molecule has 0 amide bonds. The molecule has 0 N–H and O–H groups in total. The lowest BCUT2D eigenvalue weighted by Crippen LogP contribution is -2.09. The van der Waals surface area contributed by atoms with Crippen molar-refractivity contribution in [3.05, 3.63) is 0 Å². The van der Waals surface area contributed by atoms with Crippen LogP contribution in [0, 0.1) is 0 Å². The summed E-state index contributed by atoms with van der Waals surface area (Å²) in [5, 5.41) is -0.340. The van der Waals surface area contributed by atoms with Crippen LogP contribution in [0.3, 0.4) is 0 Å². The molecule has 0 aliphatic carbocycles. The Hall–Kier alpha value is -0.120. The number of carbonyl (C=O) groups is 1. The number of carbonyl (C=O) groups excluding carboxylic acids is 1. The van der Waals surface area contributed by atoms with E-state index < -0.39 is 0 Å². The van der Waals surface area contributed by atoms with Gasteiger partial charge in [0.25, 0.3) is 0 Å². The molecule has 0 aromatic rings. The number of hydrogen-bond donors (Lipinski definition) is 0. The second-order valence-corrected chi connectivity index (χ2v) is 3.09. The van der Waals surface area contributed by atoms with Crippen LogP contribution in [0.4, 0.5) is 0 Å². The van der Waals surface area contributed by atoms with E-state index in [1.54, 1.807) is 0 Å². The maximum atomic E-state index is 10.7. The fraction of sp³-hybridized carbons (Fsp3) is 0.875. The van der Waals surface area contributed by atoms with Gasteiger partial charge in [0.1, 0.15) is 5.78 Å². The molecule has 0 rings (SSSR count). The Balaban J connectivity index is 3.14. The lowest BCUT2D eigenvalue weighted by molar-refractivity contribution is -0.272. The molecule has 0 aliphatic heterocycles. The zero-order chi connectivity index (χ0) is 9.40. The van der Waals surface area contributed by atoms with Gasteiger partial charge >= 0.3 is 0 Å². The number of halogens is 1. The third-order valence-corrected chi connectivity index (χ3v) is 2.02. The first-order chi connectivity index (χ1) is 5.68. The summed E-state index contributed by atoms with van der Waals surface area (Å²) < 4.78 is 0. The van der Waals surface area contributed by atoms with Crippen molar-refractivity contribution in [3.63, 3.8) is 0 Å². The van der Waals surface area contributed by atoms with Gasteiger partial charge in [-0.2, -0.15) is 0 Å². The van der Waals surface area contributed by atoms with Gasteiger partial charge in [0.2, 0.25) is 0 Å². The summed E-state index contributed by atoms with van der Waals surface area (Å²) in [7, 11) is 1.47. The van der Waals surface area contributed by atoms with Crippen molar-refractivity contribution in [2.24, 2.45) is 0 Å². The Labute approximate surface area is 77.9 Å². The predicted molar refractivity (Wildman–Crippen MR) is 47.1 cm³/mol. The van der Waals surface area contributed by atoms with Gasteiger partial charge in [-0.1, -0.05) is 0 Å². The molecule has 0 bridgehead atoms. The van der Waals surface area contributed by atoms with E-state index in [0.717, 1.165) is 12.8 Å². The molecular formula is C8H15ClO3. The van der Waals surface area contributed by atoms with E-state index in [9.17, 15) is 4.79 Å². The summed E-state index contributed by atoms with van der Waals surface area (Å²) in [6, 6.07) is 0. The average molecular weight is 195 g/mol. The average Bonchev–Trinajstić information content (AvgIpc) is 2.03. The summed E-state index contributed by atoms with van der Waals surface area (Å²) in [4.78, 5) is 19.7. The van der Waals surface area contributed by atoms with Crippen molar-refractivity contribution in [3.8, 4) is 0 Å². The Bertz CT molecular complexity index is 127. The molecule has 0 radical (unpaired) electrons. The van der Waals surface area contributed by atoms with Crippen LogP contribution in [0.15, 0.2) is 0 Å². The summed E-state index contributed by atoms with van der Waals surface area (Å²) >= 11 is 5.71. The topological polar surface area (TPSA) is 35.5 Å². The molecule has 0 aliphatic rings. The number of hydrogen-bond acceptors (Lipinski definition) is 3. The van der Waals surface area contributed by atoms with Gasteiger partial charge in [-0.05, 0) is 26.2 Å². The molecule has 0 saturated carbocycles. The van der Waals surface area contributed by atoms with Gasteiger partial charge < -0.3 is 0 Å². The normalized spacial score (nSPS) is 12.9. The largest absolute Gasteiger partial charge is 0.298 e. The van der Waals surface area contributed by atoms with Gasteiger partial charge in [0.15, 0.2) is 0 Å². The fourth-order valence-electron chi connectivity index (χ4n) is 0.771. The minimum Gasteiger partial charge on any atom is -0.298 e. The van der Waals surface area contributed by atoms with Crippen LogP contribution in [-0.2, 0) is 14.6 Å². The van der Waals surface area contributed by atoms with E-state index in [1.165, 1.54) is 14.0 Å². The predicted octanol–water partition coefficient (Wildman–Crippen LogP) is 1.93. The first-order valence-electron chi connectivity index (χ1n) is 3.98. The van der Waals surface area contributed by atoms with Crippen molar-refractivity contribution in [2.75, 3.05) is 13.7 Å². The van der Waals surface area contributed by atoms with Crippen LogP contribution in [0.1, 0.15) is 26.2 Å². The van der Waals surface area contributed by atoms with E-state index in [2.05, 4.69) is 9.78 Å². The highest BCUT2D eigenvalue weighted by Gasteiger charge is 2.08. The molecule has 72 valence electrons. The highest BCUT2D eigenvalue weighted by molar-refractivity contribution is 6.30. The Morgan fingerprint density at radius 3 is 2.67 bits per heavy atom. The SMILES string of the molecule is COOCCCCC(Cl)C(C)=O.